The predicted molar refractivity (Wildman–Crippen MR) is 79.1 cm³/mol. The maximum atomic E-state index is 12.6. The molecule has 0 radical (unpaired) electrons. The maximum Gasteiger partial charge on any atom is 0.416 e. The lowest BCUT2D eigenvalue weighted by atomic mass is 10.1. The largest absolute Gasteiger partial charge is 0.480 e. The summed E-state index contributed by atoms with van der Waals surface area (Å²) in [5.41, 5.74) is -1.15. The number of unbranched alkanes of at least 4 members (excludes halogenated alkanes) is 3. The van der Waals surface area contributed by atoms with Crippen molar-refractivity contribution >= 4 is 11.9 Å². The fraction of sp³-hybridized carbons (Fsp3) is 0.500. The van der Waals surface area contributed by atoms with Crippen molar-refractivity contribution in [3.05, 3.63) is 35.4 Å². The van der Waals surface area contributed by atoms with E-state index in [1.54, 1.807) is 0 Å². The van der Waals surface area contributed by atoms with E-state index < -0.39 is 29.7 Å². The van der Waals surface area contributed by atoms with Crippen molar-refractivity contribution < 1.29 is 27.9 Å². The zero-order chi connectivity index (χ0) is 17.5. The van der Waals surface area contributed by atoms with Crippen molar-refractivity contribution in [3.63, 3.8) is 0 Å². The molecule has 0 saturated heterocycles. The van der Waals surface area contributed by atoms with Gasteiger partial charge in [0.2, 0.25) is 0 Å². The number of benzene rings is 1. The van der Waals surface area contributed by atoms with Crippen LogP contribution in [-0.4, -0.2) is 23.0 Å². The van der Waals surface area contributed by atoms with Crippen molar-refractivity contribution in [1.82, 2.24) is 5.32 Å². The Morgan fingerprint density at radius 1 is 1.22 bits per heavy atom. The number of nitrogens with one attached hydrogen (secondary N) is 1. The number of carbonyl (C=O) groups is 2. The molecular formula is C16H20F3NO3. The first kappa shape index (κ1) is 19.0. The number of halogens is 3. The predicted octanol–water partition coefficient (Wildman–Crippen LogP) is 3.86. The summed E-state index contributed by atoms with van der Waals surface area (Å²) in [6.07, 6.45) is -0.863. The van der Waals surface area contributed by atoms with Crippen LogP contribution in [0.25, 0.3) is 0 Å². The fourth-order valence-corrected chi connectivity index (χ4v) is 2.11. The molecule has 1 rings (SSSR count). The van der Waals surface area contributed by atoms with E-state index in [1.165, 1.54) is 6.07 Å². The molecule has 1 amide bonds. The summed E-state index contributed by atoms with van der Waals surface area (Å²) in [5, 5.41) is 11.4. The summed E-state index contributed by atoms with van der Waals surface area (Å²) in [6, 6.07) is 2.81. The minimum Gasteiger partial charge on any atom is -0.480 e. The first-order chi connectivity index (χ1) is 10.8. The second-order valence-corrected chi connectivity index (χ2v) is 5.29. The molecule has 23 heavy (non-hydrogen) atoms. The average Bonchev–Trinajstić information content (AvgIpc) is 2.49. The molecule has 0 fully saturated rings. The van der Waals surface area contributed by atoms with Crippen molar-refractivity contribution in [1.29, 1.82) is 0 Å². The van der Waals surface area contributed by atoms with Crippen molar-refractivity contribution in [2.75, 3.05) is 0 Å². The molecule has 7 heteroatoms. The van der Waals surface area contributed by atoms with Gasteiger partial charge in [-0.3, -0.25) is 4.79 Å². The van der Waals surface area contributed by atoms with E-state index in [9.17, 15) is 22.8 Å². The van der Waals surface area contributed by atoms with Gasteiger partial charge in [0.15, 0.2) is 0 Å². The average molecular weight is 331 g/mol. The number of alkyl halides is 3. The molecule has 0 spiro atoms. The van der Waals surface area contributed by atoms with Crippen LogP contribution in [0.2, 0.25) is 0 Å². The van der Waals surface area contributed by atoms with Crippen LogP contribution < -0.4 is 5.32 Å². The molecular weight excluding hydrogens is 311 g/mol. The normalized spacial score (nSPS) is 12.7. The van der Waals surface area contributed by atoms with Gasteiger partial charge in [0.25, 0.3) is 5.91 Å². The molecule has 0 aromatic heterocycles. The van der Waals surface area contributed by atoms with Crippen molar-refractivity contribution in [3.8, 4) is 0 Å². The highest BCUT2D eigenvalue weighted by molar-refractivity contribution is 5.96. The highest BCUT2D eigenvalue weighted by atomic mass is 19.4. The summed E-state index contributed by atoms with van der Waals surface area (Å²) in [6.45, 7) is 2.02. The summed E-state index contributed by atoms with van der Waals surface area (Å²) < 4.78 is 37.9. The smallest absolute Gasteiger partial charge is 0.416 e. The van der Waals surface area contributed by atoms with Gasteiger partial charge in [-0.2, -0.15) is 13.2 Å². The Morgan fingerprint density at radius 2 is 1.91 bits per heavy atom. The molecule has 0 aliphatic heterocycles. The van der Waals surface area contributed by atoms with Gasteiger partial charge in [-0.25, -0.2) is 4.79 Å². The van der Waals surface area contributed by atoms with Gasteiger partial charge >= 0.3 is 12.1 Å². The molecule has 4 nitrogen and oxygen atoms in total. The Morgan fingerprint density at radius 3 is 2.48 bits per heavy atom. The molecule has 0 bridgehead atoms. The molecule has 2 N–H and O–H groups in total. The van der Waals surface area contributed by atoms with Gasteiger partial charge in [0.05, 0.1) is 5.56 Å². The van der Waals surface area contributed by atoms with Crippen LogP contribution in [0.4, 0.5) is 13.2 Å². The molecule has 1 aromatic rings. The highest BCUT2D eigenvalue weighted by Gasteiger charge is 2.31. The van der Waals surface area contributed by atoms with Gasteiger partial charge < -0.3 is 10.4 Å². The van der Waals surface area contributed by atoms with Gasteiger partial charge in [0.1, 0.15) is 6.04 Å². The molecule has 1 atom stereocenters. The monoisotopic (exact) mass is 331 g/mol. The Kier molecular flexibility index (Phi) is 7.06. The Hall–Kier alpha value is -2.05. The zero-order valence-electron chi connectivity index (χ0n) is 12.8. The summed E-state index contributed by atoms with van der Waals surface area (Å²) >= 11 is 0. The summed E-state index contributed by atoms with van der Waals surface area (Å²) in [7, 11) is 0. The summed E-state index contributed by atoms with van der Waals surface area (Å²) in [4.78, 5) is 23.1. The first-order valence-corrected chi connectivity index (χ1v) is 7.46. The van der Waals surface area contributed by atoms with Crippen LogP contribution in [0.3, 0.4) is 0 Å². The van der Waals surface area contributed by atoms with E-state index in [-0.39, 0.29) is 12.0 Å². The van der Waals surface area contributed by atoms with Crippen LogP contribution in [0.15, 0.2) is 24.3 Å². The number of carboxylic acid groups (broad SMARTS) is 1. The molecule has 0 unspecified atom stereocenters. The molecule has 0 aliphatic carbocycles. The molecule has 0 aliphatic rings. The standard InChI is InChI=1S/C16H20F3NO3/c1-2-3-4-5-9-13(15(22)23)20-14(21)11-7-6-8-12(10-11)16(17,18)19/h6-8,10,13H,2-5,9H2,1H3,(H,20,21)(H,22,23)/t13-/m0/s1. The van der Waals surface area contributed by atoms with Crippen LogP contribution in [-0.2, 0) is 11.0 Å². The van der Waals surface area contributed by atoms with Crippen LogP contribution in [0.5, 0.6) is 0 Å². The van der Waals surface area contributed by atoms with Crippen molar-refractivity contribution in [2.45, 2.75) is 51.2 Å². The molecule has 0 heterocycles. The molecule has 128 valence electrons. The van der Waals surface area contributed by atoms with E-state index in [0.717, 1.165) is 31.4 Å². The van der Waals surface area contributed by atoms with Crippen molar-refractivity contribution in [2.24, 2.45) is 0 Å². The van der Waals surface area contributed by atoms with Crippen LogP contribution in [0, 0.1) is 0 Å². The van der Waals surface area contributed by atoms with E-state index >= 15 is 0 Å². The van der Waals surface area contributed by atoms with Gasteiger partial charge in [-0.05, 0) is 24.6 Å². The SMILES string of the molecule is CCCCCC[C@H](NC(=O)c1cccc(C(F)(F)F)c1)C(=O)O. The quantitative estimate of drug-likeness (QED) is 0.711. The minimum atomic E-state index is -4.55. The first-order valence-electron chi connectivity index (χ1n) is 7.46. The van der Waals surface area contributed by atoms with Gasteiger partial charge in [-0.1, -0.05) is 38.7 Å². The number of carbonyl (C=O) groups excluding carboxylic acids is 1. The number of amides is 1. The Bertz CT molecular complexity index is 544. The second-order valence-electron chi connectivity index (χ2n) is 5.29. The number of hydrogen-bond acceptors (Lipinski definition) is 2. The maximum absolute atomic E-state index is 12.6. The lowest BCUT2D eigenvalue weighted by molar-refractivity contribution is -0.139. The van der Waals surface area contributed by atoms with Gasteiger partial charge in [0, 0.05) is 5.56 Å². The second kappa shape index (κ2) is 8.55. The lowest BCUT2D eigenvalue weighted by Gasteiger charge is -2.15. The highest BCUT2D eigenvalue weighted by Crippen LogP contribution is 2.29. The fourth-order valence-electron chi connectivity index (χ4n) is 2.11. The van der Waals surface area contributed by atoms with Crippen LogP contribution >= 0.6 is 0 Å². The number of hydrogen-bond donors (Lipinski definition) is 2. The minimum absolute atomic E-state index is 0.209. The number of carboxylic acids is 1. The third kappa shape index (κ3) is 6.30. The zero-order valence-corrected chi connectivity index (χ0v) is 12.8. The molecule has 1 aromatic carbocycles. The summed E-state index contributed by atoms with van der Waals surface area (Å²) in [5.74, 6) is -2.01. The van der Waals surface area contributed by atoms with E-state index in [0.29, 0.717) is 12.5 Å². The lowest BCUT2D eigenvalue weighted by Crippen LogP contribution is -2.40. The van der Waals surface area contributed by atoms with E-state index in [1.807, 2.05) is 6.92 Å². The molecule has 0 saturated carbocycles. The van der Waals surface area contributed by atoms with Crippen LogP contribution in [0.1, 0.15) is 54.9 Å². The van der Waals surface area contributed by atoms with Gasteiger partial charge in [-0.15, -0.1) is 0 Å². The van der Waals surface area contributed by atoms with E-state index in [2.05, 4.69) is 5.32 Å². The Labute approximate surface area is 132 Å². The Balaban J connectivity index is 2.73. The number of aliphatic carboxylic acids is 1. The number of rotatable bonds is 8. The van der Waals surface area contributed by atoms with E-state index in [4.69, 9.17) is 5.11 Å². The third-order valence-corrected chi connectivity index (χ3v) is 3.40. The topological polar surface area (TPSA) is 66.4 Å². The third-order valence-electron chi connectivity index (χ3n) is 3.40.